The highest BCUT2D eigenvalue weighted by molar-refractivity contribution is 5.88. The normalized spacial score (nSPS) is 21.9. The summed E-state index contributed by atoms with van der Waals surface area (Å²) in [5.41, 5.74) is 1.94. The summed E-state index contributed by atoms with van der Waals surface area (Å²) >= 11 is 0. The van der Waals surface area contributed by atoms with Gasteiger partial charge in [0.15, 0.2) is 6.61 Å². The van der Waals surface area contributed by atoms with Crippen LogP contribution in [0.1, 0.15) is 50.2 Å². The predicted molar refractivity (Wildman–Crippen MR) is 117 cm³/mol. The zero-order chi connectivity index (χ0) is 21.1. The number of aryl methyl sites for hydroxylation is 2. The Bertz CT molecular complexity index is 966. The number of piperidine rings is 2. The number of hydrogen-bond donors (Lipinski definition) is 1. The van der Waals surface area contributed by atoms with E-state index in [0.717, 1.165) is 16.5 Å². The van der Waals surface area contributed by atoms with E-state index in [0.29, 0.717) is 36.3 Å². The Hall–Kier alpha value is -2.34. The maximum Gasteiger partial charge on any atom is 0.336 e. The molecule has 2 aliphatic rings. The molecule has 0 bridgehead atoms. The van der Waals surface area contributed by atoms with Gasteiger partial charge in [-0.3, -0.25) is 4.79 Å². The Morgan fingerprint density at radius 2 is 2.03 bits per heavy atom. The van der Waals surface area contributed by atoms with Gasteiger partial charge in [0.1, 0.15) is 11.3 Å². The summed E-state index contributed by atoms with van der Waals surface area (Å²) in [6.07, 6.45) is 6.93. The summed E-state index contributed by atoms with van der Waals surface area (Å²) < 4.78 is 11.3. The highest BCUT2D eigenvalue weighted by Crippen LogP contribution is 2.31. The Morgan fingerprint density at radius 3 is 2.87 bits per heavy atom. The lowest BCUT2D eigenvalue weighted by Gasteiger charge is -2.44. The number of hydrogen-bond acceptors (Lipinski definition) is 5. The summed E-state index contributed by atoms with van der Waals surface area (Å²) in [6, 6.07) is 5.85. The fraction of sp³-hybridized carbons (Fsp3) is 0.583. The molecule has 1 aromatic heterocycles. The van der Waals surface area contributed by atoms with Gasteiger partial charge in [-0.25, -0.2) is 4.79 Å². The van der Waals surface area contributed by atoms with E-state index in [1.807, 2.05) is 26.0 Å². The number of benzene rings is 1. The summed E-state index contributed by atoms with van der Waals surface area (Å²) in [5, 5.41) is 3.87. The molecule has 1 aromatic carbocycles. The van der Waals surface area contributed by atoms with Crippen molar-refractivity contribution >= 4 is 16.9 Å². The third-order valence-electron chi connectivity index (χ3n) is 6.56. The van der Waals surface area contributed by atoms with Crippen molar-refractivity contribution in [1.29, 1.82) is 0 Å². The quantitative estimate of drug-likeness (QED) is 0.736. The first-order valence-corrected chi connectivity index (χ1v) is 11.3. The molecule has 0 saturated carbocycles. The number of ether oxygens (including phenoxy) is 1. The lowest BCUT2D eigenvalue weighted by Crippen LogP contribution is -2.51. The number of fused-ring (bicyclic) bond motifs is 2. The van der Waals surface area contributed by atoms with Crippen molar-refractivity contribution in [3.05, 3.63) is 39.7 Å². The second-order valence-corrected chi connectivity index (χ2v) is 8.67. The van der Waals surface area contributed by atoms with Crippen LogP contribution >= 0.6 is 0 Å². The monoisotopic (exact) mass is 412 g/mol. The van der Waals surface area contributed by atoms with Crippen LogP contribution in [0.3, 0.4) is 0 Å². The van der Waals surface area contributed by atoms with E-state index in [9.17, 15) is 9.59 Å². The molecule has 1 amide bonds. The van der Waals surface area contributed by atoms with Crippen molar-refractivity contribution in [2.45, 2.75) is 58.4 Å². The third kappa shape index (κ3) is 4.53. The van der Waals surface area contributed by atoms with E-state index in [1.54, 1.807) is 0 Å². The minimum absolute atomic E-state index is 0.0397. The summed E-state index contributed by atoms with van der Waals surface area (Å²) in [4.78, 5) is 26.9. The van der Waals surface area contributed by atoms with Gasteiger partial charge in [-0.05, 0) is 81.3 Å². The molecule has 2 fully saturated rings. The van der Waals surface area contributed by atoms with Gasteiger partial charge in [-0.15, -0.1) is 0 Å². The molecule has 162 valence electrons. The van der Waals surface area contributed by atoms with Crippen LogP contribution in [0.25, 0.3) is 11.0 Å². The van der Waals surface area contributed by atoms with Crippen LogP contribution in [0.5, 0.6) is 5.75 Å². The van der Waals surface area contributed by atoms with E-state index in [2.05, 4.69) is 10.2 Å². The van der Waals surface area contributed by atoms with Crippen molar-refractivity contribution in [2.75, 3.05) is 26.2 Å². The standard InChI is InChI=1S/C24H32N2O4/c1-3-17-13-23(28)30-21-12-16(2)11-20(24(17)21)29-15-22(27)25-14-18-7-6-10-26-9-5-4-8-19(18)26/h11-13,18-19H,3-10,14-15H2,1-2H3,(H,25,27)/t18-,19+/m1/s1. The largest absolute Gasteiger partial charge is 0.483 e. The van der Waals surface area contributed by atoms with Gasteiger partial charge in [0.05, 0.1) is 5.39 Å². The molecule has 2 atom stereocenters. The minimum atomic E-state index is -0.363. The van der Waals surface area contributed by atoms with Crippen molar-refractivity contribution in [3.8, 4) is 5.75 Å². The van der Waals surface area contributed by atoms with Crippen LogP contribution in [0.4, 0.5) is 0 Å². The number of carbonyl (C=O) groups excluding carboxylic acids is 1. The van der Waals surface area contributed by atoms with E-state index in [4.69, 9.17) is 9.15 Å². The van der Waals surface area contributed by atoms with Crippen LogP contribution in [0.15, 0.2) is 27.4 Å². The lowest BCUT2D eigenvalue weighted by molar-refractivity contribution is -0.123. The molecule has 2 saturated heterocycles. The Kier molecular flexibility index (Phi) is 6.42. The summed E-state index contributed by atoms with van der Waals surface area (Å²) in [7, 11) is 0. The molecule has 2 aliphatic heterocycles. The maximum absolute atomic E-state index is 12.5. The van der Waals surface area contributed by atoms with Gasteiger partial charge >= 0.3 is 5.63 Å². The fourth-order valence-electron chi connectivity index (χ4n) is 5.12. The molecular weight excluding hydrogens is 380 g/mol. The van der Waals surface area contributed by atoms with Crippen molar-refractivity contribution in [3.63, 3.8) is 0 Å². The molecule has 6 heteroatoms. The predicted octanol–water partition coefficient (Wildman–Crippen LogP) is 3.42. The highest BCUT2D eigenvalue weighted by Gasteiger charge is 2.32. The van der Waals surface area contributed by atoms with Crippen LogP contribution in [0.2, 0.25) is 0 Å². The molecular formula is C24H32N2O4. The molecule has 3 heterocycles. The fourth-order valence-corrected chi connectivity index (χ4v) is 5.12. The smallest absolute Gasteiger partial charge is 0.336 e. The van der Waals surface area contributed by atoms with Crippen molar-refractivity contribution in [1.82, 2.24) is 10.2 Å². The average Bonchev–Trinajstić information content (AvgIpc) is 2.74. The Morgan fingerprint density at radius 1 is 1.20 bits per heavy atom. The molecule has 2 aromatic rings. The van der Waals surface area contributed by atoms with Gasteiger partial charge in [-0.2, -0.15) is 0 Å². The number of nitrogens with zero attached hydrogens (tertiary/aromatic N) is 1. The van der Waals surface area contributed by atoms with E-state index in [1.165, 1.54) is 51.3 Å². The topological polar surface area (TPSA) is 71.8 Å². The molecule has 6 nitrogen and oxygen atoms in total. The van der Waals surface area contributed by atoms with Crippen LogP contribution in [0, 0.1) is 12.8 Å². The molecule has 0 radical (unpaired) electrons. The highest BCUT2D eigenvalue weighted by atomic mass is 16.5. The van der Waals surface area contributed by atoms with E-state index < -0.39 is 0 Å². The lowest BCUT2D eigenvalue weighted by atomic mass is 9.83. The zero-order valence-electron chi connectivity index (χ0n) is 18.0. The maximum atomic E-state index is 12.5. The first-order valence-electron chi connectivity index (χ1n) is 11.3. The first-order chi connectivity index (χ1) is 14.5. The summed E-state index contributed by atoms with van der Waals surface area (Å²) in [5.74, 6) is 1.02. The molecule has 0 unspecified atom stereocenters. The first kappa shape index (κ1) is 20.9. The third-order valence-corrected chi connectivity index (χ3v) is 6.56. The molecule has 4 rings (SSSR count). The second-order valence-electron chi connectivity index (χ2n) is 8.67. The molecule has 1 N–H and O–H groups in total. The number of amides is 1. The number of nitrogens with one attached hydrogen (secondary N) is 1. The second kappa shape index (κ2) is 9.21. The van der Waals surface area contributed by atoms with Gasteiger partial charge in [0, 0.05) is 18.7 Å². The van der Waals surface area contributed by atoms with Gasteiger partial charge in [0.25, 0.3) is 5.91 Å². The number of rotatable bonds is 6. The Balaban J connectivity index is 1.40. The average molecular weight is 413 g/mol. The summed E-state index contributed by atoms with van der Waals surface area (Å²) in [6.45, 7) is 6.99. The van der Waals surface area contributed by atoms with E-state index in [-0.39, 0.29) is 18.1 Å². The van der Waals surface area contributed by atoms with Crippen LogP contribution in [-0.4, -0.2) is 43.1 Å². The van der Waals surface area contributed by atoms with Crippen LogP contribution < -0.4 is 15.7 Å². The van der Waals surface area contributed by atoms with Crippen molar-refractivity contribution < 1.29 is 13.9 Å². The van der Waals surface area contributed by atoms with Gasteiger partial charge < -0.3 is 19.4 Å². The van der Waals surface area contributed by atoms with Crippen LogP contribution in [-0.2, 0) is 11.2 Å². The van der Waals surface area contributed by atoms with Gasteiger partial charge in [0.2, 0.25) is 0 Å². The molecule has 30 heavy (non-hydrogen) atoms. The van der Waals surface area contributed by atoms with Crippen molar-refractivity contribution in [2.24, 2.45) is 5.92 Å². The SMILES string of the molecule is CCc1cc(=O)oc2cc(C)cc(OCC(=O)NC[C@H]3CCCN4CCCC[C@@H]34)c12. The minimum Gasteiger partial charge on any atom is -0.483 e. The zero-order valence-corrected chi connectivity index (χ0v) is 18.0. The Labute approximate surface area is 177 Å². The van der Waals surface area contributed by atoms with Gasteiger partial charge in [-0.1, -0.05) is 13.3 Å². The van der Waals surface area contributed by atoms with E-state index >= 15 is 0 Å². The molecule has 0 aliphatic carbocycles. The molecule has 0 spiro atoms. The number of carbonyl (C=O) groups is 1.